The van der Waals surface area contributed by atoms with Gasteiger partial charge >= 0.3 is 0 Å². The van der Waals surface area contributed by atoms with Crippen LogP contribution in [0.2, 0.25) is 0 Å². The van der Waals surface area contributed by atoms with E-state index in [1.165, 1.54) is 0 Å². The Balaban J connectivity index is 2.29. The Labute approximate surface area is 127 Å². The molecule has 2 rings (SSSR count). The Morgan fingerprint density at radius 1 is 1.43 bits per heavy atom. The topological polar surface area (TPSA) is 72.6 Å². The van der Waals surface area contributed by atoms with Crippen molar-refractivity contribution in [2.24, 2.45) is 11.7 Å². The van der Waals surface area contributed by atoms with Crippen LogP contribution in [-0.4, -0.2) is 39.0 Å². The molecule has 1 heterocycles. The summed E-state index contributed by atoms with van der Waals surface area (Å²) < 4.78 is 32.3. The van der Waals surface area contributed by atoms with Gasteiger partial charge in [-0.2, -0.15) is 4.31 Å². The fourth-order valence-electron chi connectivity index (χ4n) is 2.80. The van der Waals surface area contributed by atoms with E-state index in [0.29, 0.717) is 29.3 Å². The lowest BCUT2D eigenvalue weighted by atomic mass is 9.93. The van der Waals surface area contributed by atoms with Gasteiger partial charge in [0.25, 0.3) is 0 Å². The number of piperidine rings is 1. The standard InChI is InChI=1S/C15H24N2O3S/c1-11-9-14(20-3)6-7-15(11)21(18,19)17-8-4-5-13(10-17)12(2)16/h6-7,9,12-13H,4-5,8,10,16H2,1-3H3. The van der Waals surface area contributed by atoms with Crippen LogP contribution in [0.15, 0.2) is 23.1 Å². The highest BCUT2D eigenvalue weighted by Crippen LogP contribution is 2.28. The third-order valence-electron chi connectivity index (χ3n) is 4.16. The Kier molecular flexibility index (Phi) is 4.91. The summed E-state index contributed by atoms with van der Waals surface area (Å²) in [6, 6.07) is 5.08. The zero-order valence-electron chi connectivity index (χ0n) is 12.9. The van der Waals surface area contributed by atoms with E-state index in [1.54, 1.807) is 36.5 Å². The lowest BCUT2D eigenvalue weighted by Crippen LogP contribution is -2.45. The minimum absolute atomic E-state index is 0.0139. The number of nitrogens with zero attached hydrogens (tertiary/aromatic N) is 1. The van der Waals surface area contributed by atoms with Gasteiger partial charge in [-0.05, 0) is 56.4 Å². The van der Waals surface area contributed by atoms with E-state index >= 15 is 0 Å². The molecular formula is C15H24N2O3S. The van der Waals surface area contributed by atoms with E-state index in [4.69, 9.17) is 10.5 Å². The quantitative estimate of drug-likeness (QED) is 0.919. The second-order valence-corrected chi connectivity index (χ2v) is 7.66. The average Bonchev–Trinajstić information content (AvgIpc) is 2.46. The van der Waals surface area contributed by atoms with E-state index < -0.39 is 10.0 Å². The van der Waals surface area contributed by atoms with Gasteiger partial charge in [0.1, 0.15) is 5.75 Å². The highest BCUT2D eigenvalue weighted by molar-refractivity contribution is 7.89. The molecule has 1 saturated heterocycles. The number of hydrogen-bond acceptors (Lipinski definition) is 4. The third kappa shape index (κ3) is 3.39. The Bertz CT molecular complexity index is 599. The summed E-state index contributed by atoms with van der Waals surface area (Å²) in [6.45, 7) is 4.81. The van der Waals surface area contributed by atoms with Gasteiger partial charge in [0.05, 0.1) is 12.0 Å². The van der Waals surface area contributed by atoms with Crippen LogP contribution in [0.1, 0.15) is 25.3 Å². The Morgan fingerprint density at radius 3 is 2.71 bits per heavy atom. The number of benzene rings is 1. The molecule has 118 valence electrons. The molecule has 1 aromatic rings. The van der Waals surface area contributed by atoms with Gasteiger partial charge in [0.15, 0.2) is 0 Å². The maximum atomic E-state index is 12.8. The van der Waals surface area contributed by atoms with Crippen molar-refractivity contribution in [3.63, 3.8) is 0 Å². The molecule has 0 spiro atoms. The summed E-state index contributed by atoms with van der Waals surface area (Å²) in [5.74, 6) is 0.894. The summed E-state index contributed by atoms with van der Waals surface area (Å²) in [7, 11) is -1.89. The predicted octanol–water partition coefficient (Wildman–Crippen LogP) is 1.75. The largest absolute Gasteiger partial charge is 0.497 e. The summed E-state index contributed by atoms with van der Waals surface area (Å²) in [4.78, 5) is 0.355. The van der Waals surface area contributed by atoms with Crippen LogP contribution in [0, 0.1) is 12.8 Å². The molecule has 1 aliphatic heterocycles. The van der Waals surface area contributed by atoms with E-state index in [0.717, 1.165) is 12.8 Å². The van der Waals surface area contributed by atoms with E-state index in [9.17, 15) is 8.42 Å². The predicted molar refractivity (Wildman–Crippen MR) is 82.9 cm³/mol. The van der Waals surface area contributed by atoms with Crippen LogP contribution in [0.4, 0.5) is 0 Å². The first-order valence-corrected chi connectivity index (χ1v) is 8.70. The molecule has 2 atom stereocenters. The van der Waals surface area contributed by atoms with Gasteiger partial charge in [-0.3, -0.25) is 0 Å². The van der Waals surface area contributed by atoms with Crippen LogP contribution in [0.25, 0.3) is 0 Å². The minimum atomic E-state index is -3.46. The molecule has 6 heteroatoms. The number of sulfonamides is 1. The van der Waals surface area contributed by atoms with E-state index in [-0.39, 0.29) is 12.0 Å². The minimum Gasteiger partial charge on any atom is -0.497 e. The summed E-state index contributed by atoms with van der Waals surface area (Å²) in [5.41, 5.74) is 6.65. The van der Waals surface area contributed by atoms with Crippen molar-refractivity contribution in [1.29, 1.82) is 0 Å². The van der Waals surface area contributed by atoms with Crippen LogP contribution < -0.4 is 10.5 Å². The van der Waals surface area contributed by atoms with Crippen molar-refractivity contribution >= 4 is 10.0 Å². The molecule has 0 bridgehead atoms. The van der Waals surface area contributed by atoms with Crippen molar-refractivity contribution in [1.82, 2.24) is 4.31 Å². The fraction of sp³-hybridized carbons (Fsp3) is 0.600. The summed E-state index contributed by atoms with van der Waals surface area (Å²) in [6.07, 6.45) is 1.85. The molecule has 2 unspecified atom stereocenters. The number of nitrogens with two attached hydrogens (primary N) is 1. The van der Waals surface area contributed by atoms with Gasteiger partial charge < -0.3 is 10.5 Å². The van der Waals surface area contributed by atoms with Crippen LogP contribution in [0.3, 0.4) is 0 Å². The Morgan fingerprint density at radius 2 is 2.14 bits per heavy atom. The van der Waals surface area contributed by atoms with Crippen LogP contribution in [-0.2, 0) is 10.0 Å². The number of ether oxygens (including phenoxy) is 1. The molecule has 1 fully saturated rings. The lowest BCUT2D eigenvalue weighted by molar-refractivity contribution is 0.243. The van der Waals surface area contributed by atoms with Crippen LogP contribution >= 0.6 is 0 Å². The highest BCUT2D eigenvalue weighted by atomic mass is 32.2. The van der Waals surface area contributed by atoms with Gasteiger partial charge in [-0.25, -0.2) is 8.42 Å². The molecule has 2 N–H and O–H groups in total. The molecule has 1 aromatic carbocycles. The number of hydrogen-bond donors (Lipinski definition) is 1. The molecule has 0 aliphatic carbocycles. The van der Waals surface area contributed by atoms with Crippen molar-refractivity contribution in [3.05, 3.63) is 23.8 Å². The summed E-state index contributed by atoms with van der Waals surface area (Å²) >= 11 is 0. The highest BCUT2D eigenvalue weighted by Gasteiger charge is 2.32. The second-order valence-electron chi connectivity index (χ2n) is 5.76. The van der Waals surface area contributed by atoms with Gasteiger partial charge in [-0.15, -0.1) is 0 Å². The zero-order valence-corrected chi connectivity index (χ0v) is 13.7. The van der Waals surface area contributed by atoms with Crippen molar-refractivity contribution in [3.8, 4) is 5.75 Å². The molecule has 0 saturated carbocycles. The molecule has 0 radical (unpaired) electrons. The average molecular weight is 312 g/mol. The fourth-order valence-corrected chi connectivity index (χ4v) is 4.54. The van der Waals surface area contributed by atoms with Crippen LogP contribution in [0.5, 0.6) is 5.75 Å². The normalized spacial score (nSPS) is 22.0. The van der Waals surface area contributed by atoms with Gasteiger partial charge in [-0.1, -0.05) is 0 Å². The van der Waals surface area contributed by atoms with Crippen molar-refractivity contribution in [2.75, 3.05) is 20.2 Å². The van der Waals surface area contributed by atoms with Crippen molar-refractivity contribution in [2.45, 2.75) is 37.6 Å². The molecular weight excluding hydrogens is 288 g/mol. The maximum Gasteiger partial charge on any atom is 0.243 e. The smallest absolute Gasteiger partial charge is 0.243 e. The first kappa shape index (κ1) is 16.3. The Hall–Kier alpha value is -1.11. The van der Waals surface area contributed by atoms with Gasteiger partial charge in [0.2, 0.25) is 10.0 Å². The van der Waals surface area contributed by atoms with E-state index in [1.807, 2.05) is 6.92 Å². The number of methoxy groups -OCH3 is 1. The first-order valence-electron chi connectivity index (χ1n) is 7.26. The third-order valence-corrected chi connectivity index (χ3v) is 6.19. The van der Waals surface area contributed by atoms with Gasteiger partial charge in [0, 0.05) is 19.1 Å². The first-order chi connectivity index (χ1) is 9.86. The molecule has 0 aromatic heterocycles. The SMILES string of the molecule is COc1ccc(S(=O)(=O)N2CCCC(C(C)N)C2)c(C)c1. The molecule has 5 nitrogen and oxygen atoms in total. The number of rotatable bonds is 4. The maximum absolute atomic E-state index is 12.8. The summed E-state index contributed by atoms with van der Waals surface area (Å²) in [5, 5.41) is 0. The lowest BCUT2D eigenvalue weighted by Gasteiger charge is -2.34. The molecule has 1 aliphatic rings. The second kappa shape index (κ2) is 6.34. The van der Waals surface area contributed by atoms with E-state index in [2.05, 4.69) is 0 Å². The van der Waals surface area contributed by atoms with Crippen molar-refractivity contribution < 1.29 is 13.2 Å². The molecule has 0 amide bonds. The zero-order chi connectivity index (χ0) is 15.6. The molecule has 21 heavy (non-hydrogen) atoms. The monoisotopic (exact) mass is 312 g/mol. The number of aryl methyl sites for hydroxylation is 1.